The third kappa shape index (κ3) is 1.55. The first kappa shape index (κ1) is 11.1. The van der Waals surface area contributed by atoms with E-state index in [-0.39, 0.29) is 0 Å². The molecular weight excluding hydrogens is 224 g/mol. The smallest absolute Gasteiger partial charge is 0.145 e. The number of aryl methyl sites for hydroxylation is 1. The van der Waals surface area contributed by atoms with Crippen LogP contribution in [0.1, 0.15) is 19.0 Å². The Labute approximate surface area is 106 Å². The van der Waals surface area contributed by atoms with Gasteiger partial charge in [0.25, 0.3) is 0 Å². The van der Waals surface area contributed by atoms with Gasteiger partial charge in [-0.3, -0.25) is 0 Å². The summed E-state index contributed by atoms with van der Waals surface area (Å²) in [6.45, 7) is 2.18. The van der Waals surface area contributed by atoms with Crippen molar-refractivity contribution in [1.82, 2.24) is 9.38 Å². The summed E-state index contributed by atoms with van der Waals surface area (Å²) in [6, 6.07) is 10.2. The van der Waals surface area contributed by atoms with Gasteiger partial charge in [-0.05, 0) is 30.7 Å². The summed E-state index contributed by atoms with van der Waals surface area (Å²) >= 11 is 0. The fraction of sp³-hybridized carbons (Fsp3) is 0.267. The van der Waals surface area contributed by atoms with Crippen molar-refractivity contribution in [3.63, 3.8) is 0 Å². The average Bonchev–Trinajstić information content (AvgIpc) is 2.87. The monoisotopic (exact) mass is 240 g/mol. The molecule has 0 bridgehead atoms. The molecule has 92 valence electrons. The van der Waals surface area contributed by atoms with Crippen LogP contribution in [0.15, 0.2) is 36.5 Å². The van der Waals surface area contributed by atoms with Crippen molar-refractivity contribution in [3.05, 3.63) is 42.2 Å². The van der Waals surface area contributed by atoms with E-state index in [1.165, 1.54) is 5.52 Å². The van der Waals surface area contributed by atoms with Crippen LogP contribution in [-0.2, 0) is 6.42 Å². The molecule has 3 nitrogen and oxygen atoms in total. The Morgan fingerprint density at radius 2 is 2.11 bits per heavy atom. The number of hydrogen-bond acceptors (Lipinski definition) is 2. The van der Waals surface area contributed by atoms with Gasteiger partial charge in [0.1, 0.15) is 11.3 Å². The zero-order valence-electron chi connectivity index (χ0n) is 10.7. The summed E-state index contributed by atoms with van der Waals surface area (Å²) in [5.41, 5.74) is 4.36. The second kappa shape index (κ2) is 4.33. The Morgan fingerprint density at radius 3 is 2.89 bits per heavy atom. The number of hydrogen-bond donors (Lipinski definition) is 0. The van der Waals surface area contributed by atoms with Crippen LogP contribution in [0.4, 0.5) is 0 Å². The van der Waals surface area contributed by atoms with Gasteiger partial charge in [0, 0.05) is 6.20 Å². The number of benzene rings is 1. The lowest BCUT2D eigenvalue weighted by molar-refractivity contribution is 0.418. The molecule has 0 aliphatic rings. The lowest BCUT2D eigenvalue weighted by Crippen LogP contribution is -1.99. The summed E-state index contributed by atoms with van der Waals surface area (Å²) in [4.78, 5) is 4.77. The Kier molecular flexibility index (Phi) is 2.67. The molecule has 0 amide bonds. The van der Waals surface area contributed by atoms with E-state index >= 15 is 0 Å². The average molecular weight is 240 g/mol. The normalized spacial score (nSPS) is 11.2. The second-order valence-corrected chi connectivity index (χ2v) is 4.40. The molecule has 3 heteroatoms. The van der Waals surface area contributed by atoms with E-state index < -0.39 is 0 Å². The van der Waals surface area contributed by atoms with Crippen LogP contribution in [0.3, 0.4) is 0 Å². The van der Waals surface area contributed by atoms with Gasteiger partial charge in [-0.2, -0.15) is 0 Å². The topological polar surface area (TPSA) is 26.5 Å². The highest BCUT2D eigenvalue weighted by atomic mass is 16.5. The predicted molar refractivity (Wildman–Crippen MR) is 73.2 cm³/mol. The number of ether oxygens (including phenoxy) is 1. The first-order chi connectivity index (χ1) is 8.85. The molecule has 0 atom stereocenters. The summed E-state index contributed by atoms with van der Waals surface area (Å²) < 4.78 is 7.62. The molecule has 0 saturated heterocycles. The van der Waals surface area contributed by atoms with Crippen LogP contribution >= 0.6 is 0 Å². The first-order valence-corrected chi connectivity index (χ1v) is 6.28. The van der Waals surface area contributed by atoms with Crippen molar-refractivity contribution in [1.29, 1.82) is 0 Å². The van der Waals surface area contributed by atoms with Gasteiger partial charge in [-0.1, -0.05) is 19.4 Å². The fourth-order valence-corrected chi connectivity index (χ4v) is 2.44. The van der Waals surface area contributed by atoms with E-state index in [0.29, 0.717) is 0 Å². The van der Waals surface area contributed by atoms with Crippen molar-refractivity contribution in [2.24, 2.45) is 0 Å². The molecule has 1 aromatic carbocycles. The maximum absolute atomic E-state index is 5.44. The summed E-state index contributed by atoms with van der Waals surface area (Å²) in [5, 5.41) is 0. The van der Waals surface area contributed by atoms with Crippen LogP contribution in [0.5, 0.6) is 5.75 Å². The maximum atomic E-state index is 5.44. The van der Waals surface area contributed by atoms with Gasteiger partial charge >= 0.3 is 0 Å². The van der Waals surface area contributed by atoms with Crippen LogP contribution in [0.2, 0.25) is 0 Å². The third-order valence-electron chi connectivity index (χ3n) is 3.23. The minimum Gasteiger partial charge on any atom is -0.494 e. The Balaban J connectivity index is 2.44. The standard InChI is InChI=1S/C15H16N2O/c1-3-6-11-13-8-5-10-17(13)15-12(16-11)7-4-9-14(15)18-2/h4-5,7-10H,3,6H2,1-2H3. The number of rotatable bonds is 3. The molecular formula is C15H16N2O. The van der Waals surface area contributed by atoms with Gasteiger partial charge in [0.05, 0.1) is 23.8 Å². The van der Waals surface area contributed by atoms with Gasteiger partial charge in [0.15, 0.2) is 0 Å². The molecule has 0 unspecified atom stereocenters. The van der Waals surface area contributed by atoms with Crippen LogP contribution in [-0.4, -0.2) is 16.5 Å². The van der Waals surface area contributed by atoms with E-state index in [1.807, 2.05) is 18.2 Å². The minimum absolute atomic E-state index is 0.865. The lowest BCUT2D eigenvalue weighted by atomic mass is 10.2. The molecule has 0 fully saturated rings. The van der Waals surface area contributed by atoms with Gasteiger partial charge in [-0.25, -0.2) is 4.98 Å². The number of fused-ring (bicyclic) bond motifs is 3. The zero-order valence-corrected chi connectivity index (χ0v) is 10.7. The lowest BCUT2D eigenvalue weighted by Gasteiger charge is -2.10. The number of methoxy groups -OCH3 is 1. The van der Waals surface area contributed by atoms with Crippen molar-refractivity contribution in [2.75, 3.05) is 7.11 Å². The highest BCUT2D eigenvalue weighted by molar-refractivity contribution is 5.85. The van der Waals surface area contributed by atoms with Gasteiger partial charge in [0.2, 0.25) is 0 Å². The zero-order chi connectivity index (χ0) is 12.5. The van der Waals surface area contributed by atoms with Gasteiger partial charge in [-0.15, -0.1) is 0 Å². The molecule has 0 aliphatic heterocycles. The fourth-order valence-electron chi connectivity index (χ4n) is 2.44. The van der Waals surface area contributed by atoms with E-state index in [0.717, 1.165) is 35.3 Å². The molecule has 2 aromatic heterocycles. The number of nitrogens with zero attached hydrogens (tertiary/aromatic N) is 2. The predicted octanol–water partition coefficient (Wildman–Crippen LogP) is 3.45. The molecule has 3 rings (SSSR count). The second-order valence-electron chi connectivity index (χ2n) is 4.40. The quantitative estimate of drug-likeness (QED) is 0.701. The molecule has 0 aliphatic carbocycles. The highest BCUT2D eigenvalue weighted by Gasteiger charge is 2.10. The third-order valence-corrected chi connectivity index (χ3v) is 3.23. The minimum atomic E-state index is 0.865. The number of para-hydroxylation sites is 1. The van der Waals surface area contributed by atoms with Crippen molar-refractivity contribution in [2.45, 2.75) is 19.8 Å². The SMILES string of the molecule is CCCc1nc2cccc(OC)c2n2cccc12. The van der Waals surface area contributed by atoms with E-state index in [4.69, 9.17) is 9.72 Å². The Hall–Kier alpha value is -2.03. The van der Waals surface area contributed by atoms with E-state index in [2.05, 4.69) is 29.7 Å². The highest BCUT2D eigenvalue weighted by Crippen LogP contribution is 2.27. The van der Waals surface area contributed by atoms with Crippen molar-refractivity contribution >= 4 is 16.6 Å². The van der Waals surface area contributed by atoms with E-state index in [9.17, 15) is 0 Å². The van der Waals surface area contributed by atoms with Gasteiger partial charge < -0.3 is 9.14 Å². The summed E-state index contributed by atoms with van der Waals surface area (Å²) in [5.74, 6) is 0.865. The van der Waals surface area contributed by atoms with Crippen molar-refractivity contribution < 1.29 is 4.74 Å². The Bertz CT molecular complexity index is 700. The molecule has 18 heavy (non-hydrogen) atoms. The molecule has 0 spiro atoms. The number of aromatic nitrogens is 2. The molecule has 0 radical (unpaired) electrons. The molecule has 0 saturated carbocycles. The van der Waals surface area contributed by atoms with Crippen LogP contribution in [0.25, 0.3) is 16.6 Å². The largest absolute Gasteiger partial charge is 0.494 e. The molecule has 3 aromatic rings. The first-order valence-electron chi connectivity index (χ1n) is 6.28. The van der Waals surface area contributed by atoms with Crippen LogP contribution < -0.4 is 4.74 Å². The summed E-state index contributed by atoms with van der Waals surface area (Å²) in [7, 11) is 1.70. The molecule has 0 N–H and O–H groups in total. The molecule has 2 heterocycles. The Morgan fingerprint density at radius 1 is 1.22 bits per heavy atom. The maximum Gasteiger partial charge on any atom is 0.145 e. The van der Waals surface area contributed by atoms with Crippen molar-refractivity contribution in [3.8, 4) is 5.75 Å². The van der Waals surface area contributed by atoms with Crippen LogP contribution in [0, 0.1) is 0 Å². The summed E-state index contributed by atoms with van der Waals surface area (Å²) in [6.07, 6.45) is 4.17. The van der Waals surface area contributed by atoms with E-state index in [1.54, 1.807) is 7.11 Å².